The van der Waals surface area contributed by atoms with Gasteiger partial charge >= 0.3 is 16.3 Å². The van der Waals surface area contributed by atoms with Crippen molar-refractivity contribution >= 4 is 16.0 Å². The number of halogens is 3. The summed E-state index contributed by atoms with van der Waals surface area (Å²) in [7, 11) is -2.99. The first kappa shape index (κ1) is 27.1. The Hall–Kier alpha value is -3.53. The fourth-order valence-electron chi connectivity index (χ4n) is 3.53. The molecule has 0 radical (unpaired) electrons. The molecule has 0 saturated heterocycles. The molecule has 0 unspecified atom stereocenters. The molecule has 36 heavy (non-hydrogen) atoms. The molecule has 0 N–H and O–H groups in total. The molecule has 0 atom stereocenters. The number of methoxy groups -OCH3 is 1. The van der Waals surface area contributed by atoms with Gasteiger partial charge in [-0.05, 0) is 53.9 Å². The third-order valence-corrected chi connectivity index (χ3v) is 6.41. The molecule has 0 aliphatic carbocycles. The van der Waals surface area contributed by atoms with Gasteiger partial charge < -0.3 is 13.8 Å². The van der Waals surface area contributed by atoms with Gasteiger partial charge in [0.1, 0.15) is 16.4 Å². The van der Waals surface area contributed by atoms with Crippen molar-refractivity contribution in [1.29, 1.82) is 0 Å². The van der Waals surface area contributed by atoms with Crippen LogP contribution in [0.1, 0.15) is 35.3 Å². The molecule has 6 nitrogen and oxygen atoms in total. The van der Waals surface area contributed by atoms with E-state index in [1.165, 1.54) is 19.2 Å². The van der Waals surface area contributed by atoms with E-state index in [1.54, 1.807) is 41.3 Å². The minimum atomic E-state index is -4.68. The van der Waals surface area contributed by atoms with Crippen LogP contribution in [0.5, 0.6) is 11.5 Å². The second-order valence-electron chi connectivity index (χ2n) is 8.49. The third kappa shape index (κ3) is 6.78. The van der Waals surface area contributed by atoms with Gasteiger partial charge in [-0.25, -0.2) is 0 Å². The van der Waals surface area contributed by atoms with Crippen molar-refractivity contribution in [3.8, 4) is 11.5 Å². The molecule has 0 aliphatic heterocycles. The summed E-state index contributed by atoms with van der Waals surface area (Å²) in [6.07, 6.45) is -4.68. The Morgan fingerprint density at radius 3 is 2.25 bits per heavy atom. The SMILES string of the molecule is COc1ccccc1C(=O)N(Cc1ccc(OS(=O)(=O)c2cccc(C(F)(F)F)c2)cc1)CC(C)C. The van der Waals surface area contributed by atoms with Crippen LogP contribution in [0.25, 0.3) is 0 Å². The molecule has 0 aromatic heterocycles. The first-order valence-corrected chi connectivity index (χ1v) is 12.4. The molecular formula is C26H26F3NO5S. The molecule has 3 aromatic rings. The summed E-state index contributed by atoms with van der Waals surface area (Å²) in [4.78, 5) is 14.3. The van der Waals surface area contributed by atoms with Crippen LogP contribution in [0.3, 0.4) is 0 Å². The Morgan fingerprint density at radius 1 is 0.972 bits per heavy atom. The van der Waals surface area contributed by atoms with E-state index >= 15 is 0 Å². The van der Waals surface area contributed by atoms with Gasteiger partial charge in [0.05, 0.1) is 18.2 Å². The molecular weight excluding hydrogens is 495 g/mol. The van der Waals surface area contributed by atoms with E-state index in [4.69, 9.17) is 8.92 Å². The van der Waals surface area contributed by atoms with E-state index < -0.39 is 26.8 Å². The Morgan fingerprint density at radius 2 is 1.64 bits per heavy atom. The maximum absolute atomic E-state index is 13.2. The van der Waals surface area contributed by atoms with Crippen molar-refractivity contribution in [3.05, 3.63) is 89.5 Å². The largest absolute Gasteiger partial charge is 0.496 e. The molecule has 3 rings (SSSR count). The molecule has 0 bridgehead atoms. The van der Waals surface area contributed by atoms with Crippen LogP contribution in [0, 0.1) is 5.92 Å². The zero-order valence-electron chi connectivity index (χ0n) is 20.0. The second kappa shape index (κ2) is 11.0. The predicted octanol–water partition coefficient (Wildman–Crippen LogP) is 5.78. The average molecular weight is 522 g/mol. The molecule has 10 heteroatoms. The lowest BCUT2D eigenvalue weighted by molar-refractivity contribution is -0.137. The third-order valence-electron chi connectivity index (χ3n) is 5.16. The van der Waals surface area contributed by atoms with Gasteiger partial charge in [0.2, 0.25) is 0 Å². The Balaban J connectivity index is 1.78. The van der Waals surface area contributed by atoms with Crippen molar-refractivity contribution in [2.24, 2.45) is 5.92 Å². The minimum Gasteiger partial charge on any atom is -0.496 e. The summed E-state index contributed by atoms with van der Waals surface area (Å²) < 4.78 is 74.2. The highest BCUT2D eigenvalue weighted by molar-refractivity contribution is 7.87. The standard InChI is InChI=1S/C26H26F3NO5S/c1-18(2)16-30(25(31)23-9-4-5-10-24(23)34-3)17-19-11-13-21(14-12-19)35-36(32,33)22-8-6-7-20(15-22)26(27,28)29/h4-15,18H,16-17H2,1-3H3. The fourth-order valence-corrected chi connectivity index (χ4v) is 4.50. The van der Waals surface area contributed by atoms with Gasteiger partial charge in [-0.3, -0.25) is 4.79 Å². The van der Waals surface area contributed by atoms with Crippen molar-refractivity contribution in [2.45, 2.75) is 31.5 Å². The number of alkyl halides is 3. The lowest BCUT2D eigenvalue weighted by Crippen LogP contribution is -2.34. The molecule has 0 heterocycles. The van der Waals surface area contributed by atoms with E-state index in [9.17, 15) is 26.4 Å². The number of nitrogens with zero attached hydrogens (tertiary/aromatic N) is 1. The van der Waals surface area contributed by atoms with Gasteiger partial charge in [0.25, 0.3) is 5.91 Å². The second-order valence-corrected chi connectivity index (χ2v) is 10.0. The monoisotopic (exact) mass is 521 g/mol. The van der Waals surface area contributed by atoms with E-state index in [2.05, 4.69) is 0 Å². The van der Waals surface area contributed by atoms with Gasteiger partial charge in [0, 0.05) is 13.1 Å². The number of amides is 1. The lowest BCUT2D eigenvalue weighted by Gasteiger charge is -2.25. The Bertz CT molecular complexity index is 1310. The van der Waals surface area contributed by atoms with Gasteiger partial charge in [-0.2, -0.15) is 21.6 Å². The number of benzene rings is 3. The first-order valence-electron chi connectivity index (χ1n) is 11.0. The van der Waals surface area contributed by atoms with E-state index in [0.29, 0.717) is 29.5 Å². The number of hydrogen-bond acceptors (Lipinski definition) is 5. The normalized spacial score (nSPS) is 11.9. The summed E-state index contributed by atoms with van der Waals surface area (Å²) >= 11 is 0. The number of hydrogen-bond donors (Lipinski definition) is 0. The number of carbonyl (C=O) groups is 1. The highest BCUT2D eigenvalue weighted by atomic mass is 32.2. The summed E-state index contributed by atoms with van der Waals surface area (Å²) in [5, 5.41) is 0. The van der Waals surface area contributed by atoms with Crippen molar-refractivity contribution in [1.82, 2.24) is 4.90 Å². The molecule has 0 fully saturated rings. The molecule has 0 saturated carbocycles. The van der Waals surface area contributed by atoms with Crippen molar-refractivity contribution < 1.29 is 35.3 Å². The summed E-state index contributed by atoms with van der Waals surface area (Å²) in [5.41, 5.74) is 0.0444. The predicted molar refractivity (Wildman–Crippen MR) is 128 cm³/mol. The van der Waals surface area contributed by atoms with E-state index in [1.807, 2.05) is 13.8 Å². The first-order chi connectivity index (χ1) is 16.9. The van der Waals surface area contributed by atoms with Crippen LogP contribution in [0.15, 0.2) is 77.7 Å². The summed E-state index contributed by atoms with van der Waals surface area (Å²) in [6.45, 7) is 4.69. The van der Waals surface area contributed by atoms with Gasteiger partial charge in [-0.1, -0.05) is 44.2 Å². The van der Waals surface area contributed by atoms with Crippen molar-refractivity contribution in [2.75, 3.05) is 13.7 Å². The molecule has 0 aliphatic rings. The molecule has 192 valence electrons. The fraction of sp³-hybridized carbons (Fsp3) is 0.269. The number of carbonyl (C=O) groups excluding carboxylic acids is 1. The summed E-state index contributed by atoms with van der Waals surface area (Å²) in [5.74, 6) is 0.361. The Labute approximate surface area is 208 Å². The van der Waals surface area contributed by atoms with Crippen LogP contribution >= 0.6 is 0 Å². The molecule has 3 aromatic carbocycles. The number of rotatable bonds is 9. The zero-order valence-corrected chi connectivity index (χ0v) is 20.8. The van der Waals surface area contributed by atoms with Crippen LogP contribution in [-0.2, 0) is 22.8 Å². The molecule has 0 spiro atoms. The van der Waals surface area contributed by atoms with E-state index in [-0.39, 0.29) is 24.1 Å². The molecule has 1 amide bonds. The van der Waals surface area contributed by atoms with Crippen LogP contribution < -0.4 is 8.92 Å². The Kier molecular flexibility index (Phi) is 8.29. The van der Waals surface area contributed by atoms with E-state index in [0.717, 1.165) is 18.2 Å². The number of ether oxygens (including phenoxy) is 1. The maximum Gasteiger partial charge on any atom is 0.416 e. The smallest absolute Gasteiger partial charge is 0.416 e. The average Bonchev–Trinajstić information content (AvgIpc) is 2.83. The number of para-hydroxylation sites is 1. The van der Waals surface area contributed by atoms with Gasteiger partial charge in [0.15, 0.2) is 0 Å². The van der Waals surface area contributed by atoms with Crippen LogP contribution in [0.2, 0.25) is 0 Å². The minimum absolute atomic E-state index is 0.0670. The quantitative estimate of drug-likeness (QED) is 0.334. The highest BCUT2D eigenvalue weighted by Gasteiger charge is 2.32. The zero-order chi connectivity index (χ0) is 26.5. The highest BCUT2D eigenvalue weighted by Crippen LogP contribution is 2.31. The van der Waals surface area contributed by atoms with Gasteiger partial charge in [-0.15, -0.1) is 0 Å². The lowest BCUT2D eigenvalue weighted by atomic mass is 10.1. The van der Waals surface area contributed by atoms with Crippen molar-refractivity contribution in [3.63, 3.8) is 0 Å². The van der Waals surface area contributed by atoms with Crippen LogP contribution in [0.4, 0.5) is 13.2 Å². The summed E-state index contributed by atoms with van der Waals surface area (Å²) in [6, 6.07) is 16.2. The van der Waals surface area contributed by atoms with Crippen LogP contribution in [-0.4, -0.2) is 32.9 Å². The maximum atomic E-state index is 13.2. The topological polar surface area (TPSA) is 72.9 Å².